The van der Waals surface area contributed by atoms with Gasteiger partial charge in [0.2, 0.25) is 11.8 Å². The lowest BCUT2D eigenvalue weighted by atomic mass is 9.83. The molecule has 42 heavy (non-hydrogen) atoms. The van der Waals surface area contributed by atoms with Gasteiger partial charge in [0.05, 0.1) is 19.1 Å². The Morgan fingerprint density at radius 2 is 1.67 bits per heavy atom. The SMILES string of the molecule is CCNC(C(=O)N(C)CC(NCC(=O)NCCCc1ccc(F)cc1)=C1CC1)C1CCCCC1.Cc1ccc(O)cc1. The molecule has 1 atom stereocenters. The number of likely N-dealkylation sites (N-methyl/N-ethyl adjacent to an activating group) is 2. The first-order chi connectivity index (χ1) is 20.3. The highest BCUT2D eigenvalue weighted by Crippen LogP contribution is 2.31. The van der Waals surface area contributed by atoms with Gasteiger partial charge in [0.15, 0.2) is 0 Å². The molecule has 4 N–H and O–H groups in total. The van der Waals surface area contributed by atoms with E-state index in [9.17, 15) is 14.0 Å². The maximum Gasteiger partial charge on any atom is 0.240 e. The number of phenolic OH excluding ortho intramolecular Hbond substituents is 1. The predicted octanol–water partition coefficient (Wildman–Crippen LogP) is 5.23. The van der Waals surface area contributed by atoms with Gasteiger partial charge in [-0.25, -0.2) is 4.39 Å². The molecule has 2 aromatic rings. The highest BCUT2D eigenvalue weighted by atomic mass is 19.1. The van der Waals surface area contributed by atoms with Crippen molar-refractivity contribution < 1.29 is 19.1 Å². The Balaban J connectivity index is 0.000000521. The predicted molar refractivity (Wildman–Crippen MR) is 167 cm³/mol. The fraction of sp³-hybridized carbons (Fsp3) is 0.529. The smallest absolute Gasteiger partial charge is 0.240 e. The summed E-state index contributed by atoms with van der Waals surface area (Å²) >= 11 is 0. The number of amides is 2. The number of hydrogen-bond donors (Lipinski definition) is 4. The van der Waals surface area contributed by atoms with Crippen LogP contribution < -0.4 is 16.0 Å². The first kappa shape index (κ1) is 33.1. The summed E-state index contributed by atoms with van der Waals surface area (Å²) in [6, 6.07) is 13.4. The minimum atomic E-state index is -0.234. The summed E-state index contributed by atoms with van der Waals surface area (Å²) in [5.41, 5.74) is 4.55. The summed E-state index contributed by atoms with van der Waals surface area (Å²) < 4.78 is 13.0. The average Bonchev–Trinajstić information content (AvgIpc) is 3.85. The van der Waals surface area contributed by atoms with Gasteiger partial charge < -0.3 is 26.0 Å². The van der Waals surface area contributed by atoms with E-state index in [1.807, 2.05) is 31.0 Å². The minimum Gasteiger partial charge on any atom is -0.508 e. The zero-order valence-electron chi connectivity index (χ0n) is 25.6. The first-order valence-corrected chi connectivity index (χ1v) is 15.5. The first-order valence-electron chi connectivity index (χ1n) is 15.5. The zero-order chi connectivity index (χ0) is 30.3. The van der Waals surface area contributed by atoms with Gasteiger partial charge in [0.1, 0.15) is 11.6 Å². The summed E-state index contributed by atoms with van der Waals surface area (Å²) in [7, 11) is 1.87. The quantitative estimate of drug-likeness (QED) is 0.244. The Bertz CT molecular complexity index is 1120. The van der Waals surface area contributed by atoms with E-state index in [0.29, 0.717) is 24.8 Å². The lowest BCUT2D eigenvalue weighted by Crippen LogP contribution is -2.50. The number of phenols is 1. The van der Waals surface area contributed by atoms with Crippen molar-refractivity contribution in [1.82, 2.24) is 20.9 Å². The van der Waals surface area contributed by atoms with Gasteiger partial charge in [-0.2, -0.15) is 0 Å². The Hall–Kier alpha value is -3.39. The normalized spacial score (nSPS) is 15.2. The van der Waals surface area contributed by atoms with Crippen LogP contribution >= 0.6 is 0 Å². The van der Waals surface area contributed by atoms with Gasteiger partial charge >= 0.3 is 0 Å². The molecule has 1 unspecified atom stereocenters. The van der Waals surface area contributed by atoms with E-state index in [2.05, 4.69) is 22.9 Å². The number of aryl methyl sites for hydroxylation is 2. The van der Waals surface area contributed by atoms with Crippen LogP contribution in [0.15, 0.2) is 59.8 Å². The van der Waals surface area contributed by atoms with Crippen molar-refractivity contribution in [2.45, 2.75) is 77.7 Å². The lowest BCUT2D eigenvalue weighted by molar-refractivity contribution is -0.133. The maximum absolute atomic E-state index is 13.3. The molecule has 0 aliphatic heterocycles. The van der Waals surface area contributed by atoms with Crippen LogP contribution in [0.5, 0.6) is 5.75 Å². The van der Waals surface area contributed by atoms with Crippen LogP contribution in [0.25, 0.3) is 0 Å². The molecule has 0 radical (unpaired) electrons. The molecule has 2 saturated carbocycles. The van der Waals surface area contributed by atoms with Crippen molar-refractivity contribution in [2.75, 3.05) is 33.2 Å². The standard InChI is InChI=1S/C27H41FN4O2.C7H8O/c1-3-29-26(22-9-5-4-6-10-22)27(34)32(2)19-24(21-13-14-21)31-18-25(33)30-17-7-8-20-11-15-23(28)16-12-20;1-6-2-4-7(8)5-3-6/h11-12,15-16,22,26,29,31H,3-10,13-14,17-19H2,1-2H3,(H,30,33);2-5,8H,1H3. The lowest BCUT2D eigenvalue weighted by Gasteiger charge is -2.33. The van der Waals surface area contributed by atoms with Gasteiger partial charge in [-0.1, -0.05) is 56.0 Å². The summed E-state index contributed by atoms with van der Waals surface area (Å²) in [5, 5.41) is 18.4. The largest absolute Gasteiger partial charge is 0.508 e. The van der Waals surface area contributed by atoms with E-state index in [1.165, 1.54) is 42.5 Å². The Labute approximate surface area is 251 Å². The molecule has 0 aromatic heterocycles. The molecule has 0 spiro atoms. The van der Waals surface area contributed by atoms with Crippen LogP contribution in [0.3, 0.4) is 0 Å². The second-order valence-corrected chi connectivity index (χ2v) is 11.5. The van der Waals surface area contributed by atoms with Crippen LogP contribution in [-0.2, 0) is 16.0 Å². The number of nitrogens with one attached hydrogen (secondary N) is 3. The van der Waals surface area contributed by atoms with E-state index >= 15 is 0 Å². The van der Waals surface area contributed by atoms with E-state index in [0.717, 1.165) is 56.3 Å². The number of hydrogen-bond acceptors (Lipinski definition) is 5. The van der Waals surface area contributed by atoms with E-state index in [-0.39, 0.29) is 30.2 Å². The molecule has 230 valence electrons. The summed E-state index contributed by atoms with van der Waals surface area (Å²) in [5.74, 6) is 0.603. The molecule has 8 heteroatoms. The van der Waals surface area contributed by atoms with Gasteiger partial charge in [0, 0.05) is 19.3 Å². The highest BCUT2D eigenvalue weighted by molar-refractivity contribution is 5.82. The molecule has 7 nitrogen and oxygen atoms in total. The van der Waals surface area contributed by atoms with Crippen molar-refractivity contribution in [3.05, 3.63) is 76.7 Å². The van der Waals surface area contributed by atoms with Crippen molar-refractivity contribution in [3.63, 3.8) is 0 Å². The highest BCUT2D eigenvalue weighted by Gasteiger charge is 2.31. The van der Waals surface area contributed by atoms with Crippen LogP contribution in [0, 0.1) is 18.7 Å². The molecule has 4 rings (SSSR count). The number of nitrogens with zero attached hydrogens (tertiary/aromatic N) is 1. The number of rotatable bonds is 13. The van der Waals surface area contributed by atoms with Crippen LogP contribution in [0.4, 0.5) is 4.39 Å². The third-order valence-electron chi connectivity index (χ3n) is 7.88. The fourth-order valence-corrected chi connectivity index (χ4v) is 5.32. The molecule has 0 bridgehead atoms. The number of allylic oxidation sites excluding steroid dienone is 1. The molecule has 2 aliphatic rings. The van der Waals surface area contributed by atoms with Crippen molar-refractivity contribution in [2.24, 2.45) is 5.92 Å². The van der Waals surface area contributed by atoms with Gasteiger partial charge in [-0.05, 0) is 93.3 Å². The van der Waals surface area contributed by atoms with E-state index < -0.39 is 0 Å². The van der Waals surface area contributed by atoms with Crippen molar-refractivity contribution in [1.29, 1.82) is 0 Å². The second kappa shape index (κ2) is 17.5. The van der Waals surface area contributed by atoms with E-state index in [1.54, 1.807) is 24.3 Å². The van der Waals surface area contributed by atoms with Gasteiger partial charge in [-0.15, -0.1) is 0 Å². The number of aromatic hydroxyl groups is 1. The summed E-state index contributed by atoms with van der Waals surface area (Å²) in [6.07, 6.45) is 9.58. The zero-order valence-corrected chi connectivity index (χ0v) is 25.6. The molecule has 0 heterocycles. The second-order valence-electron chi connectivity index (χ2n) is 11.5. The molecule has 2 aromatic carbocycles. The third-order valence-corrected chi connectivity index (χ3v) is 7.88. The van der Waals surface area contributed by atoms with Crippen LogP contribution in [0.1, 0.15) is 69.4 Å². The molecule has 2 fully saturated rings. The van der Waals surface area contributed by atoms with Gasteiger partial charge in [-0.3, -0.25) is 9.59 Å². The van der Waals surface area contributed by atoms with Crippen molar-refractivity contribution >= 4 is 11.8 Å². The minimum absolute atomic E-state index is 0.0560. The third kappa shape index (κ3) is 11.8. The number of benzene rings is 2. The van der Waals surface area contributed by atoms with Crippen LogP contribution in [-0.4, -0.2) is 61.1 Å². The van der Waals surface area contributed by atoms with Gasteiger partial charge in [0.25, 0.3) is 0 Å². The molecule has 0 saturated heterocycles. The number of carbonyl (C=O) groups excluding carboxylic acids is 2. The number of halogens is 1. The molecule has 2 amide bonds. The monoisotopic (exact) mass is 580 g/mol. The fourth-order valence-electron chi connectivity index (χ4n) is 5.32. The summed E-state index contributed by atoms with van der Waals surface area (Å²) in [4.78, 5) is 27.4. The Kier molecular flexibility index (Phi) is 13.8. The Morgan fingerprint density at radius 1 is 1.00 bits per heavy atom. The topological polar surface area (TPSA) is 93.7 Å². The number of carbonyl (C=O) groups is 2. The molecule has 2 aliphatic carbocycles. The van der Waals surface area contributed by atoms with E-state index in [4.69, 9.17) is 5.11 Å². The summed E-state index contributed by atoms with van der Waals surface area (Å²) in [6.45, 7) is 6.12. The molecular formula is C34H49FN4O3. The van der Waals surface area contributed by atoms with Crippen LogP contribution in [0.2, 0.25) is 0 Å². The van der Waals surface area contributed by atoms with Crippen molar-refractivity contribution in [3.8, 4) is 5.75 Å². The molecular weight excluding hydrogens is 531 g/mol. The maximum atomic E-state index is 13.3. The average molecular weight is 581 g/mol. The Morgan fingerprint density at radius 3 is 2.26 bits per heavy atom.